The molecule has 0 saturated heterocycles. The number of carbonyl (C=O) groups excluding carboxylic acids is 2. The van der Waals surface area contributed by atoms with Gasteiger partial charge >= 0.3 is 6.03 Å². The number of ketones is 1. The van der Waals surface area contributed by atoms with Crippen molar-refractivity contribution in [1.82, 2.24) is 15.5 Å². The number of Topliss-reactive ketones (excluding diaryl/α,β-unsaturated/α-hetero) is 1. The van der Waals surface area contributed by atoms with Crippen LogP contribution in [-0.2, 0) is 4.79 Å². The molecule has 1 atom stereocenters. The molecule has 0 bridgehead atoms. The molecule has 0 rings (SSSR count). The van der Waals surface area contributed by atoms with E-state index < -0.39 is 6.04 Å². The van der Waals surface area contributed by atoms with E-state index in [-0.39, 0.29) is 11.8 Å². The number of rotatable bonds is 5. The number of nitrogens with one attached hydrogen (secondary N) is 2. The van der Waals surface area contributed by atoms with Crippen LogP contribution in [0.4, 0.5) is 4.79 Å². The molecule has 14 heavy (non-hydrogen) atoms. The quantitative estimate of drug-likeness (QED) is 0.649. The summed E-state index contributed by atoms with van der Waals surface area (Å²) in [7, 11) is 3.86. The SMILES string of the molecule is CC(=O)[C@@H](C)NC(=O)NCCN(C)C. The third-order valence-corrected chi connectivity index (χ3v) is 1.80. The monoisotopic (exact) mass is 201 g/mol. The Balaban J connectivity index is 3.60. The van der Waals surface area contributed by atoms with Crippen LogP contribution in [0.3, 0.4) is 0 Å². The van der Waals surface area contributed by atoms with Crippen LogP contribution in [0, 0.1) is 0 Å². The number of hydrogen-bond acceptors (Lipinski definition) is 3. The lowest BCUT2D eigenvalue weighted by Gasteiger charge is -2.13. The maximum Gasteiger partial charge on any atom is 0.315 e. The van der Waals surface area contributed by atoms with Gasteiger partial charge in [0.05, 0.1) is 6.04 Å². The lowest BCUT2D eigenvalue weighted by molar-refractivity contribution is -0.118. The lowest BCUT2D eigenvalue weighted by atomic mass is 10.2. The van der Waals surface area contributed by atoms with Crippen LogP contribution in [-0.4, -0.2) is 49.9 Å². The van der Waals surface area contributed by atoms with Crippen molar-refractivity contribution in [2.75, 3.05) is 27.2 Å². The van der Waals surface area contributed by atoms with Gasteiger partial charge in [-0.15, -0.1) is 0 Å². The second-order valence-corrected chi connectivity index (χ2v) is 3.54. The Hall–Kier alpha value is -1.10. The first-order valence-electron chi connectivity index (χ1n) is 4.63. The molecule has 0 aliphatic heterocycles. The summed E-state index contributed by atoms with van der Waals surface area (Å²) in [6.07, 6.45) is 0. The number of likely N-dealkylation sites (N-methyl/N-ethyl adjacent to an activating group) is 1. The third kappa shape index (κ3) is 6.42. The number of hydrogen-bond donors (Lipinski definition) is 2. The molecule has 0 heterocycles. The highest BCUT2D eigenvalue weighted by Gasteiger charge is 2.09. The smallest absolute Gasteiger partial charge is 0.315 e. The van der Waals surface area contributed by atoms with E-state index in [4.69, 9.17) is 0 Å². The Morgan fingerprint density at radius 3 is 2.36 bits per heavy atom. The van der Waals surface area contributed by atoms with E-state index in [1.807, 2.05) is 19.0 Å². The Kier molecular flexibility index (Phi) is 5.87. The van der Waals surface area contributed by atoms with Crippen LogP contribution in [0.25, 0.3) is 0 Å². The standard InChI is InChI=1S/C9H19N3O2/c1-7(8(2)13)11-9(14)10-5-6-12(3)4/h7H,5-6H2,1-4H3,(H2,10,11,14)/t7-/m1/s1. The van der Waals surface area contributed by atoms with Gasteiger partial charge in [0.25, 0.3) is 0 Å². The number of amides is 2. The lowest BCUT2D eigenvalue weighted by Crippen LogP contribution is -2.45. The van der Waals surface area contributed by atoms with E-state index in [2.05, 4.69) is 10.6 Å². The molecule has 0 saturated carbocycles. The average molecular weight is 201 g/mol. The highest BCUT2D eigenvalue weighted by atomic mass is 16.2. The van der Waals surface area contributed by atoms with Gasteiger partial charge in [-0.2, -0.15) is 0 Å². The molecular formula is C9H19N3O2. The zero-order valence-corrected chi connectivity index (χ0v) is 9.26. The summed E-state index contributed by atoms with van der Waals surface area (Å²) in [6, 6.07) is -0.719. The maximum absolute atomic E-state index is 11.1. The Labute approximate surface area is 84.8 Å². The van der Waals surface area contributed by atoms with E-state index in [9.17, 15) is 9.59 Å². The predicted molar refractivity (Wildman–Crippen MR) is 55.2 cm³/mol. The van der Waals surface area contributed by atoms with E-state index in [0.29, 0.717) is 6.54 Å². The molecule has 82 valence electrons. The largest absolute Gasteiger partial charge is 0.337 e. The zero-order valence-electron chi connectivity index (χ0n) is 9.26. The van der Waals surface area contributed by atoms with Crippen LogP contribution < -0.4 is 10.6 Å². The van der Waals surface area contributed by atoms with E-state index in [0.717, 1.165) is 6.54 Å². The minimum atomic E-state index is -0.422. The van der Waals surface area contributed by atoms with E-state index in [1.54, 1.807) is 6.92 Å². The fourth-order valence-corrected chi connectivity index (χ4v) is 0.742. The first-order chi connectivity index (χ1) is 6.43. The molecule has 0 fully saturated rings. The van der Waals surface area contributed by atoms with Crippen molar-refractivity contribution >= 4 is 11.8 Å². The Morgan fingerprint density at radius 1 is 1.36 bits per heavy atom. The molecule has 2 N–H and O–H groups in total. The van der Waals surface area contributed by atoms with Crippen molar-refractivity contribution in [3.8, 4) is 0 Å². The summed E-state index contributed by atoms with van der Waals surface area (Å²) in [5.41, 5.74) is 0. The normalized spacial score (nSPS) is 12.4. The Morgan fingerprint density at radius 2 is 1.93 bits per heavy atom. The van der Waals surface area contributed by atoms with Crippen LogP contribution in [0.1, 0.15) is 13.8 Å². The molecule has 0 aliphatic rings. The summed E-state index contributed by atoms with van der Waals surface area (Å²) >= 11 is 0. The molecular weight excluding hydrogens is 182 g/mol. The zero-order chi connectivity index (χ0) is 11.1. The summed E-state index contributed by atoms with van der Waals surface area (Å²) in [5, 5.41) is 5.19. The van der Waals surface area contributed by atoms with Gasteiger partial charge in [0.15, 0.2) is 5.78 Å². The molecule has 0 aromatic carbocycles. The van der Waals surface area contributed by atoms with Crippen LogP contribution in [0.5, 0.6) is 0 Å². The maximum atomic E-state index is 11.1. The van der Waals surface area contributed by atoms with Gasteiger partial charge < -0.3 is 15.5 Å². The fourth-order valence-electron chi connectivity index (χ4n) is 0.742. The molecule has 5 nitrogen and oxygen atoms in total. The van der Waals surface area contributed by atoms with Gasteiger partial charge in [-0.05, 0) is 27.9 Å². The minimum Gasteiger partial charge on any atom is -0.337 e. The molecule has 2 amide bonds. The summed E-state index contributed by atoms with van der Waals surface area (Å²) in [4.78, 5) is 23.9. The number of carbonyl (C=O) groups is 2. The van der Waals surface area contributed by atoms with Crippen LogP contribution >= 0.6 is 0 Å². The Bertz CT molecular complexity index is 204. The average Bonchev–Trinajstić information content (AvgIpc) is 2.02. The van der Waals surface area contributed by atoms with Crippen molar-refractivity contribution < 1.29 is 9.59 Å². The van der Waals surface area contributed by atoms with Gasteiger partial charge in [0.1, 0.15) is 0 Å². The topological polar surface area (TPSA) is 61.4 Å². The number of urea groups is 1. The minimum absolute atomic E-state index is 0.0484. The first kappa shape index (κ1) is 12.9. The van der Waals surface area contributed by atoms with Gasteiger partial charge in [-0.25, -0.2) is 4.79 Å². The van der Waals surface area contributed by atoms with Crippen molar-refractivity contribution in [1.29, 1.82) is 0 Å². The summed E-state index contributed by atoms with van der Waals surface area (Å²) in [5.74, 6) is -0.0484. The third-order valence-electron chi connectivity index (χ3n) is 1.80. The van der Waals surface area contributed by atoms with Crippen molar-refractivity contribution in [3.05, 3.63) is 0 Å². The molecule has 0 aromatic heterocycles. The van der Waals surface area contributed by atoms with Crippen molar-refractivity contribution in [2.24, 2.45) is 0 Å². The summed E-state index contributed by atoms with van der Waals surface area (Å²) in [6.45, 7) is 4.46. The fraction of sp³-hybridized carbons (Fsp3) is 0.778. The molecule has 0 aromatic rings. The molecule has 0 unspecified atom stereocenters. The highest BCUT2D eigenvalue weighted by molar-refractivity contribution is 5.86. The second-order valence-electron chi connectivity index (χ2n) is 3.54. The van der Waals surface area contributed by atoms with Gasteiger partial charge in [0, 0.05) is 13.1 Å². The summed E-state index contributed by atoms with van der Waals surface area (Å²) < 4.78 is 0. The van der Waals surface area contributed by atoms with Gasteiger partial charge in [-0.3, -0.25) is 4.79 Å². The van der Waals surface area contributed by atoms with Crippen LogP contribution in [0.15, 0.2) is 0 Å². The highest BCUT2D eigenvalue weighted by Crippen LogP contribution is 1.82. The predicted octanol–water partition coefficient (Wildman–Crippen LogP) is -0.175. The second kappa shape index (κ2) is 6.37. The van der Waals surface area contributed by atoms with Gasteiger partial charge in [-0.1, -0.05) is 0 Å². The molecule has 0 aliphatic carbocycles. The van der Waals surface area contributed by atoms with E-state index in [1.165, 1.54) is 6.92 Å². The number of nitrogens with zero attached hydrogens (tertiary/aromatic N) is 1. The first-order valence-corrected chi connectivity index (χ1v) is 4.63. The van der Waals surface area contributed by atoms with Crippen molar-refractivity contribution in [2.45, 2.75) is 19.9 Å². The van der Waals surface area contributed by atoms with Crippen molar-refractivity contribution in [3.63, 3.8) is 0 Å². The molecule has 5 heteroatoms. The van der Waals surface area contributed by atoms with E-state index >= 15 is 0 Å². The molecule has 0 radical (unpaired) electrons. The molecule has 0 spiro atoms. The van der Waals surface area contributed by atoms with Crippen LogP contribution in [0.2, 0.25) is 0 Å². The van der Waals surface area contributed by atoms with Gasteiger partial charge in [0.2, 0.25) is 0 Å².